The summed E-state index contributed by atoms with van der Waals surface area (Å²) in [4.78, 5) is 0. The predicted octanol–water partition coefficient (Wildman–Crippen LogP) is 4.41. The van der Waals surface area contributed by atoms with Crippen LogP contribution in [-0.4, -0.2) is 29.1 Å². The number of hydrogen-bond acceptors (Lipinski definition) is 4. The van der Waals surface area contributed by atoms with Crippen molar-refractivity contribution in [3.63, 3.8) is 0 Å². The fraction of sp³-hybridized carbons (Fsp3) is 0.158. The SMILES string of the molecule is COc1ccc(OC)c(NC(=S)Nc2cnn(Cc3ccc(Cl)cc3)c2)c1. The van der Waals surface area contributed by atoms with E-state index in [1.54, 1.807) is 20.4 Å². The van der Waals surface area contributed by atoms with Gasteiger partial charge in [0.05, 0.1) is 38.3 Å². The molecule has 0 radical (unpaired) electrons. The Morgan fingerprint density at radius 2 is 1.89 bits per heavy atom. The van der Waals surface area contributed by atoms with Crippen molar-refractivity contribution in [1.29, 1.82) is 0 Å². The maximum Gasteiger partial charge on any atom is 0.175 e. The monoisotopic (exact) mass is 402 g/mol. The Morgan fingerprint density at radius 3 is 2.59 bits per heavy atom. The Balaban J connectivity index is 1.63. The molecular formula is C19H19ClN4O2S. The van der Waals surface area contributed by atoms with E-state index in [-0.39, 0.29) is 0 Å². The van der Waals surface area contributed by atoms with Crippen LogP contribution in [0.2, 0.25) is 5.02 Å². The predicted molar refractivity (Wildman–Crippen MR) is 112 cm³/mol. The summed E-state index contributed by atoms with van der Waals surface area (Å²) in [5, 5.41) is 11.7. The van der Waals surface area contributed by atoms with Crippen LogP contribution < -0.4 is 20.1 Å². The standard InChI is InChI=1S/C19H19ClN4O2S/c1-25-16-7-8-18(26-2)17(9-16)23-19(27)22-15-10-21-24(12-15)11-13-3-5-14(20)6-4-13/h3-10,12H,11H2,1-2H3,(H2,22,23,27). The van der Waals surface area contributed by atoms with E-state index in [9.17, 15) is 0 Å². The van der Waals surface area contributed by atoms with Crippen LogP contribution in [0, 0.1) is 0 Å². The largest absolute Gasteiger partial charge is 0.497 e. The molecule has 0 saturated heterocycles. The molecule has 2 aromatic carbocycles. The minimum Gasteiger partial charge on any atom is -0.497 e. The van der Waals surface area contributed by atoms with Crippen molar-refractivity contribution < 1.29 is 9.47 Å². The second-order valence-corrected chi connectivity index (χ2v) is 6.54. The van der Waals surface area contributed by atoms with Crippen LogP contribution in [0.1, 0.15) is 5.56 Å². The van der Waals surface area contributed by atoms with E-state index in [4.69, 9.17) is 33.3 Å². The number of anilines is 2. The molecule has 0 spiro atoms. The molecule has 0 aliphatic rings. The first-order valence-electron chi connectivity index (χ1n) is 8.14. The van der Waals surface area contributed by atoms with Crippen molar-refractivity contribution in [3.8, 4) is 11.5 Å². The third-order valence-corrected chi connectivity index (χ3v) is 4.26. The molecule has 0 unspecified atom stereocenters. The molecule has 0 bridgehead atoms. The summed E-state index contributed by atoms with van der Waals surface area (Å²) in [7, 11) is 3.21. The molecule has 0 aliphatic carbocycles. The molecule has 0 fully saturated rings. The summed E-state index contributed by atoms with van der Waals surface area (Å²) < 4.78 is 12.4. The lowest BCUT2D eigenvalue weighted by Gasteiger charge is -2.13. The first-order chi connectivity index (χ1) is 13.1. The summed E-state index contributed by atoms with van der Waals surface area (Å²) >= 11 is 11.3. The van der Waals surface area contributed by atoms with Gasteiger partial charge >= 0.3 is 0 Å². The van der Waals surface area contributed by atoms with Crippen LogP contribution >= 0.6 is 23.8 Å². The van der Waals surface area contributed by atoms with Gasteiger partial charge in [0.2, 0.25) is 0 Å². The fourth-order valence-electron chi connectivity index (χ4n) is 2.49. The van der Waals surface area contributed by atoms with E-state index in [1.165, 1.54) is 0 Å². The maximum absolute atomic E-state index is 5.91. The number of rotatable bonds is 6. The van der Waals surface area contributed by atoms with E-state index in [2.05, 4.69) is 15.7 Å². The summed E-state index contributed by atoms with van der Waals surface area (Å²) in [6.45, 7) is 0.642. The van der Waals surface area contributed by atoms with Crippen molar-refractivity contribution in [1.82, 2.24) is 9.78 Å². The lowest BCUT2D eigenvalue weighted by molar-refractivity contribution is 0.405. The summed E-state index contributed by atoms with van der Waals surface area (Å²) in [6.07, 6.45) is 3.60. The summed E-state index contributed by atoms with van der Waals surface area (Å²) in [5.41, 5.74) is 2.60. The zero-order valence-electron chi connectivity index (χ0n) is 14.9. The van der Waals surface area contributed by atoms with Crippen LogP contribution in [-0.2, 0) is 6.54 Å². The van der Waals surface area contributed by atoms with Gasteiger partial charge in [-0.1, -0.05) is 23.7 Å². The first-order valence-corrected chi connectivity index (χ1v) is 8.93. The highest BCUT2D eigenvalue weighted by molar-refractivity contribution is 7.80. The van der Waals surface area contributed by atoms with Crippen molar-refractivity contribution in [2.24, 2.45) is 0 Å². The molecule has 140 valence electrons. The number of nitrogens with one attached hydrogen (secondary N) is 2. The summed E-state index contributed by atoms with van der Waals surface area (Å²) in [5.74, 6) is 1.37. The molecular weight excluding hydrogens is 384 g/mol. The van der Waals surface area contributed by atoms with Crippen molar-refractivity contribution >= 4 is 40.3 Å². The minimum absolute atomic E-state index is 0.424. The fourth-order valence-corrected chi connectivity index (χ4v) is 2.84. The van der Waals surface area contributed by atoms with E-state index >= 15 is 0 Å². The number of hydrogen-bond donors (Lipinski definition) is 2. The smallest absolute Gasteiger partial charge is 0.175 e. The molecule has 3 aromatic rings. The van der Waals surface area contributed by atoms with Gasteiger partial charge in [0, 0.05) is 17.3 Å². The molecule has 0 saturated carbocycles. The zero-order valence-corrected chi connectivity index (χ0v) is 16.5. The van der Waals surface area contributed by atoms with E-state index < -0.39 is 0 Å². The van der Waals surface area contributed by atoms with Gasteiger partial charge in [-0.2, -0.15) is 5.10 Å². The summed E-state index contributed by atoms with van der Waals surface area (Å²) in [6, 6.07) is 13.1. The van der Waals surface area contributed by atoms with Gasteiger partial charge < -0.3 is 20.1 Å². The van der Waals surface area contributed by atoms with Crippen molar-refractivity contribution in [2.75, 3.05) is 24.9 Å². The second kappa shape index (κ2) is 8.75. The highest BCUT2D eigenvalue weighted by Gasteiger charge is 2.08. The van der Waals surface area contributed by atoms with Gasteiger partial charge in [-0.05, 0) is 42.0 Å². The van der Waals surface area contributed by atoms with Gasteiger partial charge in [-0.25, -0.2) is 0 Å². The normalized spacial score (nSPS) is 10.3. The lowest BCUT2D eigenvalue weighted by Crippen LogP contribution is -2.19. The molecule has 0 aliphatic heterocycles. The third-order valence-electron chi connectivity index (χ3n) is 3.80. The Bertz CT molecular complexity index is 928. The van der Waals surface area contributed by atoms with Gasteiger partial charge in [-0.3, -0.25) is 4.68 Å². The van der Waals surface area contributed by atoms with Crippen molar-refractivity contribution in [3.05, 3.63) is 65.4 Å². The highest BCUT2D eigenvalue weighted by atomic mass is 35.5. The average molecular weight is 403 g/mol. The molecule has 2 N–H and O–H groups in total. The van der Waals surface area contributed by atoms with Gasteiger partial charge in [-0.15, -0.1) is 0 Å². The lowest BCUT2D eigenvalue weighted by atomic mass is 10.2. The number of aromatic nitrogens is 2. The number of ether oxygens (including phenoxy) is 2. The third kappa shape index (κ3) is 5.12. The number of benzene rings is 2. The number of halogens is 1. The minimum atomic E-state index is 0.424. The van der Waals surface area contributed by atoms with Gasteiger partial charge in [0.15, 0.2) is 5.11 Å². The molecule has 0 atom stereocenters. The molecule has 0 amide bonds. The zero-order chi connectivity index (χ0) is 19.2. The molecule has 6 nitrogen and oxygen atoms in total. The Labute approximate surface area is 168 Å². The van der Waals surface area contributed by atoms with Crippen LogP contribution in [0.5, 0.6) is 11.5 Å². The first kappa shape index (κ1) is 19.0. The van der Waals surface area contributed by atoms with E-state index in [1.807, 2.05) is 53.3 Å². The number of nitrogens with zero attached hydrogens (tertiary/aromatic N) is 2. The topological polar surface area (TPSA) is 60.3 Å². The molecule has 1 heterocycles. The van der Waals surface area contributed by atoms with Crippen LogP contribution in [0.4, 0.5) is 11.4 Å². The van der Waals surface area contributed by atoms with Crippen LogP contribution in [0.3, 0.4) is 0 Å². The van der Waals surface area contributed by atoms with E-state index in [0.717, 1.165) is 11.3 Å². The van der Waals surface area contributed by atoms with Crippen LogP contribution in [0.15, 0.2) is 54.9 Å². The maximum atomic E-state index is 5.91. The quantitative estimate of drug-likeness (QED) is 0.595. The molecule has 3 rings (SSSR count). The second-order valence-electron chi connectivity index (χ2n) is 5.70. The highest BCUT2D eigenvalue weighted by Crippen LogP contribution is 2.29. The average Bonchev–Trinajstić information content (AvgIpc) is 3.10. The number of thiocarbonyl (C=S) groups is 1. The Morgan fingerprint density at radius 1 is 1.11 bits per heavy atom. The number of methoxy groups -OCH3 is 2. The Hall–Kier alpha value is -2.77. The molecule has 8 heteroatoms. The van der Waals surface area contributed by atoms with E-state index in [0.29, 0.717) is 33.9 Å². The Kier molecular flexibility index (Phi) is 6.16. The van der Waals surface area contributed by atoms with Gasteiger partial charge in [0.25, 0.3) is 0 Å². The van der Waals surface area contributed by atoms with Crippen molar-refractivity contribution in [2.45, 2.75) is 6.54 Å². The van der Waals surface area contributed by atoms with Crippen LogP contribution in [0.25, 0.3) is 0 Å². The molecule has 27 heavy (non-hydrogen) atoms. The van der Waals surface area contributed by atoms with Gasteiger partial charge in [0.1, 0.15) is 11.5 Å². The molecule has 1 aromatic heterocycles.